The van der Waals surface area contributed by atoms with Gasteiger partial charge < -0.3 is 10.1 Å². The number of benzene rings is 2. The van der Waals surface area contributed by atoms with Crippen LogP contribution in [0.1, 0.15) is 29.2 Å². The Kier molecular flexibility index (Phi) is 7.72. The molecule has 1 amide bonds. The van der Waals surface area contributed by atoms with Crippen molar-refractivity contribution in [2.75, 3.05) is 7.11 Å². The number of hydrogen-bond donors (Lipinski definition) is 1. The Hall–Kier alpha value is -2.85. The topological polar surface area (TPSA) is 38.3 Å². The molecule has 2 atom stereocenters. The smallest absolute Gasteiger partial charge is 0.375 e. The third-order valence-electron chi connectivity index (χ3n) is 5.15. The molecule has 1 heterocycles. The van der Waals surface area contributed by atoms with Crippen molar-refractivity contribution in [3.63, 3.8) is 0 Å². The summed E-state index contributed by atoms with van der Waals surface area (Å²) in [6.45, 7) is 1.32. The van der Waals surface area contributed by atoms with E-state index in [4.69, 9.17) is 4.74 Å². The Morgan fingerprint density at radius 3 is 2.24 bits per heavy atom. The monoisotopic (exact) mass is 501 g/mol. The number of alkyl halides is 6. The van der Waals surface area contributed by atoms with Crippen molar-refractivity contribution in [3.05, 3.63) is 76.2 Å². The SMILES string of the molecule is COC(C=Cc1cc(C(F)(F)F)cc(C(F)(F)F)c1)C(Cc1csc2ccccc12)NC(C)=O. The average molecular weight is 501 g/mol. The zero-order valence-corrected chi connectivity index (χ0v) is 18.9. The molecule has 3 nitrogen and oxygen atoms in total. The minimum Gasteiger partial charge on any atom is -0.375 e. The number of carbonyl (C=O) groups excluding carboxylic acids is 1. The molecule has 3 aromatic rings. The average Bonchev–Trinajstić information content (AvgIpc) is 3.15. The zero-order chi connectivity index (χ0) is 25.1. The van der Waals surface area contributed by atoms with E-state index in [2.05, 4.69) is 5.32 Å². The fourth-order valence-electron chi connectivity index (χ4n) is 3.60. The van der Waals surface area contributed by atoms with Gasteiger partial charge in [-0.25, -0.2) is 0 Å². The summed E-state index contributed by atoms with van der Waals surface area (Å²) in [5.74, 6) is -0.349. The van der Waals surface area contributed by atoms with Crippen LogP contribution in [0.2, 0.25) is 0 Å². The highest BCUT2D eigenvalue weighted by Gasteiger charge is 2.36. The Bertz CT molecular complexity index is 1150. The third-order valence-corrected chi connectivity index (χ3v) is 6.16. The quantitative estimate of drug-likeness (QED) is 0.365. The first-order valence-electron chi connectivity index (χ1n) is 10.1. The minimum absolute atomic E-state index is 0.0763. The molecule has 34 heavy (non-hydrogen) atoms. The molecule has 0 saturated heterocycles. The highest BCUT2D eigenvalue weighted by molar-refractivity contribution is 7.17. The number of carbonyl (C=O) groups is 1. The first-order valence-corrected chi connectivity index (χ1v) is 11.0. The molecule has 2 aromatic carbocycles. The van der Waals surface area contributed by atoms with Crippen LogP contribution in [-0.4, -0.2) is 25.2 Å². The van der Waals surface area contributed by atoms with Crippen molar-refractivity contribution >= 4 is 33.4 Å². The number of halogens is 6. The van der Waals surface area contributed by atoms with Gasteiger partial charge in [-0.1, -0.05) is 30.4 Å². The Morgan fingerprint density at radius 2 is 1.68 bits per heavy atom. The molecule has 0 spiro atoms. The number of hydrogen-bond acceptors (Lipinski definition) is 3. The van der Waals surface area contributed by atoms with Gasteiger partial charge in [-0.2, -0.15) is 26.3 Å². The van der Waals surface area contributed by atoms with Crippen molar-refractivity contribution in [2.45, 2.75) is 37.8 Å². The van der Waals surface area contributed by atoms with Crippen LogP contribution in [0, 0.1) is 0 Å². The highest BCUT2D eigenvalue weighted by atomic mass is 32.1. The van der Waals surface area contributed by atoms with Crippen LogP contribution in [0.4, 0.5) is 26.3 Å². The van der Waals surface area contributed by atoms with Crippen LogP contribution in [-0.2, 0) is 28.3 Å². The summed E-state index contributed by atoms with van der Waals surface area (Å²) in [5.41, 5.74) is -2.15. The van der Waals surface area contributed by atoms with Crippen LogP contribution in [0.25, 0.3) is 16.2 Å². The molecule has 0 radical (unpaired) electrons. The van der Waals surface area contributed by atoms with Gasteiger partial charge in [0.05, 0.1) is 23.3 Å². The standard InChI is InChI=1S/C24H21F6NO2S/c1-14(32)31-20(11-16-13-34-22-6-4-3-5-19(16)22)21(33-2)8-7-15-9-17(23(25,26)27)12-18(10-15)24(28,29)30/h3-10,12-13,20-21H,11H2,1-2H3,(H,31,32). The fourth-order valence-corrected chi connectivity index (χ4v) is 4.57. The summed E-state index contributed by atoms with van der Waals surface area (Å²) < 4.78 is 85.4. The van der Waals surface area contributed by atoms with Crippen molar-refractivity contribution in [1.29, 1.82) is 0 Å². The Morgan fingerprint density at radius 1 is 1.06 bits per heavy atom. The number of ether oxygens (including phenoxy) is 1. The summed E-state index contributed by atoms with van der Waals surface area (Å²) in [4.78, 5) is 11.8. The second-order valence-electron chi connectivity index (χ2n) is 7.67. The van der Waals surface area contributed by atoms with E-state index in [1.807, 2.05) is 29.6 Å². The van der Waals surface area contributed by atoms with Crippen LogP contribution < -0.4 is 5.32 Å². The number of rotatable bonds is 7. The van der Waals surface area contributed by atoms with Gasteiger partial charge in [0, 0.05) is 18.7 Å². The predicted molar refractivity (Wildman–Crippen MR) is 119 cm³/mol. The maximum absolute atomic E-state index is 13.1. The molecule has 10 heteroatoms. The van der Waals surface area contributed by atoms with E-state index in [0.29, 0.717) is 18.6 Å². The second-order valence-corrected chi connectivity index (χ2v) is 8.58. The van der Waals surface area contributed by atoms with E-state index in [1.54, 1.807) is 0 Å². The molecular weight excluding hydrogens is 480 g/mol. The lowest BCUT2D eigenvalue weighted by Gasteiger charge is -2.24. The van der Waals surface area contributed by atoms with Gasteiger partial charge in [-0.15, -0.1) is 11.3 Å². The van der Waals surface area contributed by atoms with Gasteiger partial charge in [0.1, 0.15) is 0 Å². The van der Waals surface area contributed by atoms with Crippen LogP contribution in [0.5, 0.6) is 0 Å². The number of nitrogens with one attached hydrogen (secondary N) is 1. The molecule has 182 valence electrons. The van der Waals surface area contributed by atoms with Gasteiger partial charge in [-0.05, 0) is 52.6 Å². The van der Waals surface area contributed by atoms with E-state index in [-0.39, 0.29) is 17.5 Å². The molecule has 2 unspecified atom stereocenters. The van der Waals surface area contributed by atoms with Crippen LogP contribution in [0.3, 0.4) is 0 Å². The van der Waals surface area contributed by atoms with Gasteiger partial charge in [0.25, 0.3) is 0 Å². The largest absolute Gasteiger partial charge is 0.416 e. The maximum atomic E-state index is 13.1. The molecule has 0 aliphatic carbocycles. The number of fused-ring (bicyclic) bond motifs is 1. The lowest BCUT2D eigenvalue weighted by Crippen LogP contribution is -2.44. The van der Waals surface area contributed by atoms with Crippen molar-refractivity contribution in [3.8, 4) is 0 Å². The molecule has 1 aromatic heterocycles. The predicted octanol–water partition coefficient (Wildman–Crippen LogP) is 6.71. The van der Waals surface area contributed by atoms with Gasteiger partial charge >= 0.3 is 12.4 Å². The Labute approximate surface area is 196 Å². The molecule has 0 saturated carbocycles. The maximum Gasteiger partial charge on any atom is 0.416 e. The lowest BCUT2D eigenvalue weighted by atomic mass is 9.98. The van der Waals surface area contributed by atoms with Crippen LogP contribution >= 0.6 is 11.3 Å². The lowest BCUT2D eigenvalue weighted by molar-refractivity contribution is -0.143. The zero-order valence-electron chi connectivity index (χ0n) is 18.1. The number of amides is 1. The summed E-state index contributed by atoms with van der Waals surface area (Å²) in [7, 11) is 1.35. The molecule has 0 bridgehead atoms. The summed E-state index contributed by atoms with van der Waals surface area (Å²) in [6.07, 6.45) is -7.86. The van der Waals surface area contributed by atoms with Gasteiger partial charge in [0.2, 0.25) is 5.91 Å². The van der Waals surface area contributed by atoms with Gasteiger partial charge in [0.15, 0.2) is 0 Å². The molecular formula is C24H21F6NO2S. The normalized spacial score (nSPS) is 14.5. The molecule has 0 aliphatic rings. The minimum atomic E-state index is -4.94. The first-order chi connectivity index (χ1) is 15.9. The van der Waals surface area contributed by atoms with E-state index >= 15 is 0 Å². The van der Waals surface area contributed by atoms with Crippen molar-refractivity contribution < 1.29 is 35.9 Å². The number of methoxy groups -OCH3 is 1. The Balaban J connectivity index is 1.94. The summed E-state index contributed by atoms with van der Waals surface area (Å²) in [6, 6.07) is 8.42. The fraction of sp³-hybridized carbons (Fsp3) is 0.292. The van der Waals surface area contributed by atoms with E-state index in [1.165, 1.54) is 31.4 Å². The molecule has 1 N–H and O–H groups in total. The van der Waals surface area contributed by atoms with Crippen molar-refractivity contribution in [2.24, 2.45) is 0 Å². The molecule has 0 fully saturated rings. The highest BCUT2D eigenvalue weighted by Crippen LogP contribution is 2.36. The van der Waals surface area contributed by atoms with Crippen molar-refractivity contribution in [1.82, 2.24) is 5.32 Å². The van der Waals surface area contributed by atoms with Crippen LogP contribution in [0.15, 0.2) is 53.9 Å². The van der Waals surface area contributed by atoms with E-state index in [9.17, 15) is 31.1 Å². The molecule has 0 aliphatic heterocycles. The number of thiophene rings is 1. The van der Waals surface area contributed by atoms with E-state index in [0.717, 1.165) is 21.7 Å². The van der Waals surface area contributed by atoms with E-state index < -0.39 is 35.6 Å². The summed E-state index contributed by atoms with van der Waals surface area (Å²) in [5, 5.41) is 5.71. The summed E-state index contributed by atoms with van der Waals surface area (Å²) >= 11 is 1.53. The second kappa shape index (κ2) is 10.2. The molecule has 3 rings (SSSR count). The third kappa shape index (κ3) is 6.38. The van der Waals surface area contributed by atoms with Gasteiger partial charge in [-0.3, -0.25) is 4.79 Å². The first kappa shape index (κ1) is 25.8.